The summed E-state index contributed by atoms with van der Waals surface area (Å²) in [6, 6.07) is 13.2. The molecule has 0 saturated carbocycles. The minimum atomic E-state index is -0.731. The number of benzene rings is 2. The van der Waals surface area contributed by atoms with Gasteiger partial charge in [0.2, 0.25) is 0 Å². The lowest BCUT2D eigenvalue weighted by Gasteiger charge is -2.21. The van der Waals surface area contributed by atoms with Gasteiger partial charge in [0, 0.05) is 34.6 Å². The second kappa shape index (κ2) is 6.63. The van der Waals surface area contributed by atoms with Gasteiger partial charge < -0.3 is 14.7 Å². The Morgan fingerprint density at radius 2 is 2.00 bits per heavy atom. The first-order valence-electron chi connectivity index (χ1n) is 9.42. The third-order valence-corrected chi connectivity index (χ3v) is 5.39. The van der Waals surface area contributed by atoms with Crippen LogP contribution >= 0.6 is 0 Å². The van der Waals surface area contributed by atoms with Crippen molar-refractivity contribution in [1.29, 1.82) is 0 Å². The molecule has 0 aliphatic carbocycles. The Morgan fingerprint density at radius 1 is 1.17 bits per heavy atom. The smallest absolute Gasteiger partial charge is 0.280 e. The Labute approximate surface area is 165 Å². The molecule has 3 heterocycles. The molecule has 29 heavy (non-hydrogen) atoms. The zero-order chi connectivity index (χ0) is 20.0. The number of para-hydroxylation sites is 2. The van der Waals surface area contributed by atoms with Crippen molar-refractivity contribution in [1.82, 2.24) is 15.0 Å². The number of pyridine rings is 1. The lowest BCUT2D eigenvalue weighted by Crippen LogP contribution is -2.33. The van der Waals surface area contributed by atoms with E-state index in [1.807, 2.05) is 36.4 Å². The van der Waals surface area contributed by atoms with Crippen LogP contribution in [0.3, 0.4) is 0 Å². The Balaban J connectivity index is 1.51. The van der Waals surface area contributed by atoms with Crippen molar-refractivity contribution < 1.29 is 9.90 Å². The van der Waals surface area contributed by atoms with E-state index in [-0.39, 0.29) is 11.3 Å². The van der Waals surface area contributed by atoms with Gasteiger partial charge in [-0.05, 0) is 30.5 Å². The van der Waals surface area contributed by atoms with Gasteiger partial charge in [-0.3, -0.25) is 9.59 Å². The van der Waals surface area contributed by atoms with Crippen LogP contribution in [0.15, 0.2) is 58.6 Å². The van der Waals surface area contributed by atoms with Crippen molar-refractivity contribution in [2.45, 2.75) is 19.4 Å². The first-order chi connectivity index (χ1) is 14.1. The molecule has 0 saturated heterocycles. The zero-order valence-corrected chi connectivity index (χ0v) is 15.5. The van der Waals surface area contributed by atoms with Gasteiger partial charge in [-0.25, -0.2) is 5.43 Å². The molecule has 0 unspecified atom stereocenters. The predicted molar refractivity (Wildman–Crippen MR) is 112 cm³/mol. The molecule has 0 spiro atoms. The predicted octanol–water partition coefficient (Wildman–Crippen LogP) is 2.90. The number of carbonyl (C=O) groups is 1. The van der Waals surface area contributed by atoms with E-state index in [0.29, 0.717) is 17.4 Å². The summed E-state index contributed by atoms with van der Waals surface area (Å²) in [7, 11) is 0. The van der Waals surface area contributed by atoms with E-state index in [2.05, 4.69) is 15.5 Å². The number of nitrogens with zero attached hydrogens (tertiary/aromatic N) is 2. The highest BCUT2D eigenvalue weighted by Gasteiger charge is 2.24. The molecule has 1 amide bonds. The summed E-state index contributed by atoms with van der Waals surface area (Å²) in [6.45, 7) is 0.519. The maximum absolute atomic E-state index is 12.9. The molecule has 0 radical (unpaired) electrons. The molecule has 5 rings (SSSR count). The lowest BCUT2D eigenvalue weighted by molar-refractivity contribution is 0.0950. The number of amides is 1. The van der Waals surface area contributed by atoms with Gasteiger partial charge in [0.05, 0.1) is 11.7 Å². The van der Waals surface area contributed by atoms with Crippen molar-refractivity contribution >= 4 is 33.9 Å². The van der Waals surface area contributed by atoms with Crippen LogP contribution in [0.1, 0.15) is 27.9 Å². The third kappa shape index (κ3) is 2.70. The molecule has 1 aliphatic heterocycles. The fourth-order valence-corrected chi connectivity index (χ4v) is 4.04. The van der Waals surface area contributed by atoms with Gasteiger partial charge in [-0.1, -0.05) is 30.3 Å². The SMILES string of the molecule is O=C(N/N=C\c1c[nH]c2ccccc12)c1c(O)c2cccc3c2n(c1=O)CCC3. The van der Waals surface area contributed by atoms with Gasteiger partial charge in [0.15, 0.2) is 0 Å². The van der Waals surface area contributed by atoms with Gasteiger partial charge in [-0.15, -0.1) is 0 Å². The number of H-pyrrole nitrogens is 1. The number of carbonyl (C=O) groups excluding carboxylic acids is 1. The monoisotopic (exact) mass is 386 g/mol. The highest BCUT2D eigenvalue weighted by Crippen LogP contribution is 2.31. The fraction of sp³-hybridized carbons (Fsp3) is 0.136. The van der Waals surface area contributed by atoms with Crippen molar-refractivity contribution in [2.24, 2.45) is 5.10 Å². The Hall–Kier alpha value is -3.87. The van der Waals surface area contributed by atoms with Crippen LogP contribution < -0.4 is 11.0 Å². The molecule has 7 heteroatoms. The van der Waals surface area contributed by atoms with Crippen LogP contribution in [0.2, 0.25) is 0 Å². The first kappa shape index (κ1) is 17.2. The summed E-state index contributed by atoms with van der Waals surface area (Å²) >= 11 is 0. The lowest BCUT2D eigenvalue weighted by atomic mass is 9.99. The number of aromatic nitrogens is 2. The number of hydrazone groups is 1. The number of aromatic hydroxyl groups is 1. The fourth-order valence-electron chi connectivity index (χ4n) is 4.04. The zero-order valence-electron chi connectivity index (χ0n) is 15.5. The summed E-state index contributed by atoms with van der Waals surface area (Å²) < 4.78 is 1.58. The van der Waals surface area contributed by atoms with Crippen molar-refractivity contribution in [3.05, 3.63) is 75.7 Å². The first-order valence-corrected chi connectivity index (χ1v) is 9.42. The van der Waals surface area contributed by atoms with Crippen LogP contribution in [-0.4, -0.2) is 26.8 Å². The summed E-state index contributed by atoms with van der Waals surface area (Å²) in [5.74, 6) is -1.03. The van der Waals surface area contributed by atoms with Gasteiger partial charge in [-0.2, -0.15) is 5.10 Å². The molecule has 2 aromatic carbocycles. The number of hydrogen-bond acceptors (Lipinski definition) is 4. The van der Waals surface area contributed by atoms with Crippen LogP contribution in [0.4, 0.5) is 0 Å². The summed E-state index contributed by atoms with van der Waals surface area (Å²) in [6.07, 6.45) is 4.95. The van der Waals surface area contributed by atoms with Gasteiger partial charge in [0.25, 0.3) is 11.5 Å². The number of aromatic amines is 1. The molecular formula is C22H18N4O3. The number of nitrogens with one attached hydrogen (secondary N) is 2. The number of rotatable bonds is 3. The van der Waals surface area contributed by atoms with Crippen molar-refractivity contribution in [2.75, 3.05) is 0 Å². The summed E-state index contributed by atoms with van der Waals surface area (Å²) in [5.41, 5.74) is 5.07. The quantitative estimate of drug-likeness (QED) is 0.373. The van der Waals surface area contributed by atoms with Crippen LogP contribution in [-0.2, 0) is 13.0 Å². The molecule has 0 bridgehead atoms. The van der Waals surface area contributed by atoms with E-state index in [1.54, 1.807) is 16.8 Å². The topological polar surface area (TPSA) is 99.5 Å². The van der Waals surface area contributed by atoms with Gasteiger partial charge in [0.1, 0.15) is 11.3 Å². The molecule has 0 atom stereocenters. The second-order valence-corrected chi connectivity index (χ2v) is 7.09. The number of fused-ring (bicyclic) bond motifs is 1. The Morgan fingerprint density at radius 3 is 2.90 bits per heavy atom. The minimum absolute atomic E-state index is 0.285. The van der Waals surface area contributed by atoms with E-state index >= 15 is 0 Å². The Kier molecular flexibility index (Phi) is 3.94. The highest BCUT2D eigenvalue weighted by atomic mass is 16.3. The average molecular weight is 386 g/mol. The molecule has 7 nitrogen and oxygen atoms in total. The van der Waals surface area contributed by atoms with Crippen LogP contribution in [0.5, 0.6) is 5.75 Å². The van der Waals surface area contributed by atoms with Crippen molar-refractivity contribution in [3.63, 3.8) is 0 Å². The maximum Gasteiger partial charge on any atom is 0.280 e. The van der Waals surface area contributed by atoms with Crippen molar-refractivity contribution in [3.8, 4) is 5.75 Å². The Bertz CT molecular complexity index is 1360. The molecule has 2 aromatic heterocycles. The molecular weight excluding hydrogens is 368 g/mol. The highest BCUT2D eigenvalue weighted by molar-refractivity contribution is 6.04. The van der Waals surface area contributed by atoms with Gasteiger partial charge >= 0.3 is 0 Å². The average Bonchev–Trinajstić information content (AvgIpc) is 3.15. The summed E-state index contributed by atoms with van der Waals surface area (Å²) in [4.78, 5) is 28.7. The normalized spacial score (nSPS) is 13.4. The minimum Gasteiger partial charge on any atom is -0.506 e. The van der Waals surface area contributed by atoms with E-state index < -0.39 is 11.5 Å². The van der Waals surface area contributed by atoms with E-state index in [9.17, 15) is 14.7 Å². The molecule has 3 N–H and O–H groups in total. The maximum atomic E-state index is 12.9. The molecule has 4 aromatic rings. The van der Waals surface area contributed by atoms with Crippen LogP contribution in [0.25, 0.3) is 21.8 Å². The number of hydrogen-bond donors (Lipinski definition) is 3. The molecule has 1 aliphatic rings. The third-order valence-electron chi connectivity index (χ3n) is 5.39. The molecule has 144 valence electrons. The second-order valence-electron chi connectivity index (χ2n) is 7.09. The van der Waals surface area contributed by atoms with Crippen LogP contribution in [0, 0.1) is 0 Å². The standard InChI is InChI=1S/C22H18N4O3/c27-20-16-8-3-5-13-6-4-10-26(19(13)16)22(29)18(20)21(28)25-24-12-14-11-23-17-9-2-1-7-15(14)17/h1-3,5,7-9,11-12,23,27H,4,6,10H2,(H,25,28)/b24-12-. The molecule has 0 fully saturated rings. The van der Waals surface area contributed by atoms with E-state index in [1.165, 1.54) is 6.21 Å². The largest absolute Gasteiger partial charge is 0.506 e. The summed E-state index contributed by atoms with van der Waals surface area (Å²) in [5, 5.41) is 16.1. The number of aryl methyl sites for hydroxylation is 2. The van der Waals surface area contributed by atoms with E-state index in [4.69, 9.17) is 0 Å². The van der Waals surface area contributed by atoms with E-state index in [0.717, 1.165) is 34.9 Å².